The highest BCUT2D eigenvalue weighted by molar-refractivity contribution is 7.11. The van der Waals surface area contributed by atoms with Crippen molar-refractivity contribution in [2.45, 2.75) is 33.4 Å². The molecule has 5 heteroatoms. The predicted octanol–water partition coefficient (Wildman–Crippen LogP) is 3.74. The SMILES string of the molecule is COCc1cccc(C(=O)N(C)[C@H](C)c2sc(C)nc2C)c1. The predicted molar refractivity (Wildman–Crippen MR) is 89.3 cm³/mol. The summed E-state index contributed by atoms with van der Waals surface area (Å²) in [5.74, 6) is 0.0101. The number of carbonyl (C=O) groups excluding carboxylic acids is 1. The summed E-state index contributed by atoms with van der Waals surface area (Å²) in [7, 11) is 3.49. The fourth-order valence-corrected chi connectivity index (χ4v) is 3.47. The summed E-state index contributed by atoms with van der Waals surface area (Å²) < 4.78 is 5.13. The fraction of sp³-hybridized carbons (Fsp3) is 0.412. The summed E-state index contributed by atoms with van der Waals surface area (Å²) in [6.45, 7) is 6.53. The van der Waals surface area contributed by atoms with Crippen molar-refractivity contribution in [2.75, 3.05) is 14.2 Å². The number of methoxy groups -OCH3 is 1. The van der Waals surface area contributed by atoms with Crippen LogP contribution in [0, 0.1) is 13.8 Å². The van der Waals surface area contributed by atoms with Crippen LogP contribution in [-0.4, -0.2) is 29.9 Å². The monoisotopic (exact) mass is 318 g/mol. The topological polar surface area (TPSA) is 42.4 Å². The number of aromatic nitrogens is 1. The summed E-state index contributed by atoms with van der Waals surface area (Å²) in [6.07, 6.45) is 0. The van der Waals surface area contributed by atoms with Gasteiger partial charge in [0.05, 0.1) is 23.4 Å². The van der Waals surface area contributed by atoms with Gasteiger partial charge in [-0.2, -0.15) is 0 Å². The zero-order valence-corrected chi connectivity index (χ0v) is 14.5. The molecule has 1 heterocycles. The maximum atomic E-state index is 12.7. The number of benzene rings is 1. The Kier molecular flexibility index (Phi) is 5.32. The molecule has 0 aliphatic rings. The summed E-state index contributed by atoms with van der Waals surface area (Å²) in [4.78, 5) is 20.1. The maximum Gasteiger partial charge on any atom is 0.254 e. The summed E-state index contributed by atoms with van der Waals surface area (Å²) in [5, 5.41) is 1.03. The lowest BCUT2D eigenvalue weighted by atomic mass is 10.1. The summed E-state index contributed by atoms with van der Waals surface area (Å²) in [5.41, 5.74) is 2.68. The van der Waals surface area contributed by atoms with Crippen LogP contribution < -0.4 is 0 Å². The first-order valence-corrected chi connectivity index (χ1v) is 8.04. The van der Waals surface area contributed by atoms with Crippen LogP contribution in [-0.2, 0) is 11.3 Å². The maximum absolute atomic E-state index is 12.7. The second kappa shape index (κ2) is 7.03. The van der Waals surface area contributed by atoms with Crippen LogP contribution in [0.15, 0.2) is 24.3 Å². The van der Waals surface area contributed by atoms with Crippen molar-refractivity contribution >= 4 is 17.2 Å². The van der Waals surface area contributed by atoms with Crippen LogP contribution in [0.25, 0.3) is 0 Å². The lowest BCUT2D eigenvalue weighted by Crippen LogP contribution is -2.29. The Bertz CT molecular complexity index is 666. The quantitative estimate of drug-likeness (QED) is 0.843. The number of hydrogen-bond acceptors (Lipinski definition) is 4. The largest absolute Gasteiger partial charge is 0.380 e. The minimum Gasteiger partial charge on any atom is -0.380 e. The molecule has 22 heavy (non-hydrogen) atoms. The van der Waals surface area contributed by atoms with Crippen LogP contribution in [0.5, 0.6) is 0 Å². The molecule has 118 valence electrons. The minimum absolute atomic E-state index is 0.00443. The first kappa shape index (κ1) is 16.6. The van der Waals surface area contributed by atoms with Gasteiger partial charge in [0.1, 0.15) is 0 Å². The molecule has 0 aliphatic carbocycles. The second-order valence-electron chi connectivity index (χ2n) is 5.41. The molecule has 1 aromatic carbocycles. The van der Waals surface area contributed by atoms with E-state index in [0.717, 1.165) is 21.1 Å². The molecule has 0 aliphatic heterocycles. The van der Waals surface area contributed by atoms with Gasteiger partial charge in [-0.1, -0.05) is 12.1 Å². The van der Waals surface area contributed by atoms with E-state index < -0.39 is 0 Å². The van der Waals surface area contributed by atoms with Crippen molar-refractivity contribution < 1.29 is 9.53 Å². The number of hydrogen-bond donors (Lipinski definition) is 0. The number of rotatable bonds is 5. The van der Waals surface area contributed by atoms with Gasteiger partial charge in [0.25, 0.3) is 5.91 Å². The number of ether oxygens (including phenoxy) is 1. The molecule has 1 aromatic heterocycles. The van der Waals surface area contributed by atoms with Crippen molar-refractivity contribution in [3.8, 4) is 0 Å². The molecule has 0 radical (unpaired) electrons. The highest BCUT2D eigenvalue weighted by Crippen LogP contribution is 2.29. The Morgan fingerprint density at radius 1 is 1.41 bits per heavy atom. The summed E-state index contributed by atoms with van der Waals surface area (Å²) in [6, 6.07) is 7.59. The average Bonchev–Trinajstić information content (AvgIpc) is 2.84. The third kappa shape index (κ3) is 3.54. The van der Waals surface area contributed by atoms with Crippen molar-refractivity contribution in [3.63, 3.8) is 0 Å². The number of aryl methyl sites for hydroxylation is 2. The molecule has 0 N–H and O–H groups in total. The zero-order chi connectivity index (χ0) is 16.3. The smallest absolute Gasteiger partial charge is 0.254 e. The van der Waals surface area contributed by atoms with E-state index in [4.69, 9.17) is 4.74 Å². The minimum atomic E-state index is 0.00443. The Morgan fingerprint density at radius 3 is 2.73 bits per heavy atom. The van der Waals surface area contributed by atoms with Gasteiger partial charge in [-0.15, -0.1) is 11.3 Å². The standard InChI is InChI=1S/C17H22N2O2S/c1-11-16(22-13(3)18-11)12(2)19(4)17(20)15-8-6-7-14(9-15)10-21-5/h6-9,12H,10H2,1-5H3/t12-/m1/s1. The van der Waals surface area contributed by atoms with Crippen molar-refractivity contribution in [3.05, 3.63) is 51.0 Å². The molecule has 1 amide bonds. The fourth-order valence-electron chi connectivity index (χ4n) is 2.45. The van der Waals surface area contributed by atoms with Crippen molar-refractivity contribution in [2.24, 2.45) is 0 Å². The van der Waals surface area contributed by atoms with E-state index in [1.165, 1.54) is 0 Å². The number of nitrogens with zero attached hydrogens (tertiary/aromatic N) is 2. The first-order valence-electron chi connectivity index (χ1n) is 7.23. The van der Waals surface area contributed by atoms with Gasteiger partial charge in [0.2, 0.25) is 0 Å². The van der Waals surface area contributed by atoms with E-state index in [1.54, 1.807) is 23.3 Å². The second-order valence-corrected chi connectivity index (χ2v) is 6.64. The first-order chi connectivity index (χ1) is 10.4. The van der Waals surface area contributed by atoms with Crippen molar-refractivity contribution in [1.82, 2.24) is 9.88 Å². The average molecular weight is 318 g/mol. The lowest BCUT2D eigenvalue weighted by Gasteiger charge is -2.24. The number of amides is 1. The van der Waals surface area contributed by atoms with Crippen LogP contribution in [0.1, 0.15) is 44.5 Å². The molecule has 0 fully saturated rings. The Hall–Kier alpha value is -1.72. The summed E-state index contributed by atoms with van der Waals surface area (Å²) >= 11 is 1.65. The number of thiazole rings is 1. The molecular weight excluding hydrogens is 296 g/mol. The highest BCUT2D eigenvalue weighted by Gasteiger charge is 2.22. The van der Waals surface area contributed by atoms with E-state index in [0.29, 0.717) is 12.2 Å². The molecule has 0 unspecified atom stereocenters. The molecule has 4 nitrogen and oxygen atoms in total. The Balaban J connectivity index is 2.21. The van der Waals surface area contributed by atoms with Crippen LogP contribution >= 0.6 is 11.3 Å². The van der Waals surface area contributed by atoms with Gasteiger partial charge in [-0.3, -0.25) is 4.79 Å². The van der Waals surface area contributed by atoms with Crippen LogP contribution in [0.3, 0.4) is 0 Å². The highest BCUT2D eigenvalue weighted by atomic mass is 32.1. The third-order valence-electron chi connectivity index (χ3n) is 3.71. The molecule has 1 atom stereocenters. The third-order valence-corrected chi connectivity index (χ3v) is 4.95. The lowest BCUT2D eigenvalue weighted by molar-refractivity contribution is 0.0744. The van der Waals surface area contributed by atoms with E-state index in [2.05, 4.69) is 4.98 Å². The van der Waals surface area contributed by atoms with Gasteiger partial charge in [0.15, 0.2) is 0 Å². The van der Waals surface area contributed by atoms with Gasteiger partial charge in [0, 0.05) is 24.6 Å². The van der Waals surface area contributed by atoms with E-state index >= 15 is 0 Å². The van der Waals surface area contributed by atoms with Crippen LogP contribution in [0.4, 0.5) is 0 Å². The van der Waals surface area contributed by atoms with E-state index in [-0.39, 0.29) is 11.9 Å². The molecule has 0 saturated heterocycles. The molecule has 0 bridgehead atoms. The van der Waals surface area contributed by atoms with Gasteiger partial charge in [-0.05, 0) is 38.5 Å². The van der Waals surface area contributed by atoms with Crippen molar-refractivity contribution in [1.29, 1.82) is 0 Å². The zero-order valence-electron chi connectivity index (χ0n) is 13.7. The Morgan fingerprint density at radius 2 is 2.14 bits per heavy atom. The van der Waals surface area contributed by atoms with Crippen LogP contribution in [0.2, 0.25) is 0 Å². The molecule has 2 aromatic rings. The van der Waals surface area contributed by atoms with E-state index in [9.17, 15) is 4.79 Å². The molecule has 0 spiro atoms. The van der Waals surface area contributed by atoms with Gasteiger partial charge >= 0.3 is 0 Å². The van der Waals surface area contributed by atoms with Gasteiger partial charge in [-0.25, -0.2) is 4.98 Å². The normalized spacial score (nSPS) is 12.2. The molecule has 0 saturated carbocycles. The molecule has 2 rings (SSSR count). The van der Waals surface area contributed by atoms with Gasteiger partial charge < -0.3 is 9.64 Å². The molecular formula is C17H22N2O2S. The number of carbonyl (C=O) groups is 1. The van der Waals surface area contributed by atoms with E-state index in [1.807, 2.05) is 52.1 Å². The Labute approximate surface area is 135 Å².